The standard InChI is InChI=1S/C15H26IN3O4Si.C9H12IN3O4/c1-15(2,3)24(4,5)22-8-11-10(20)6-12(23-11)19-7-9(16)13(17)18-14(19)21;10-4-2-13(9(16)12-8(4)11)7-1-5(15)6(3-14)17-7/h7,10-12,20H,6,8H2,1-5H3,(H2,17,18,21);2,5-7,14-15H,1,3H2,(H2,11,12,16). The van der Waals surface area contributed by atoms with Crippen molar-refractivity contribution < 1.29 is 29.2 Å². The van der Waals surface area contributed by atoms with Crippen molar-refractivity contribution in [3.05, 3.63) is 40.5 Å². The molecule has 0 amide bonds. The molecular formula is C24H38I2N6O8Si. The van der Waals surface area contributed by atoms with Gasteiger partial charge in [-0.2, -0.15) is 9.97 Å². The van der Waals surface area contributed by atoms with Gasteiger partial charge in [-0.1, -0.05) is 20.8 Å². The van der Waals surface area contributed by atoms with Crippen LogP contribution in [0.25, 0.3) is 0 Å². The molecule has 0 bridgehead atoms. The fourth-order valence-corrected chi connectivity index (χ4v) is 5.78. The van der Waals surface area contributed by atoms with Crippen LogP contribution in [0.1, 0.15) is 46.1 Å². The first-order chi connectivity index (χ1) is 18.9. The lowest BCUT2D eigenvalue weighted by molar-refractivity contribution is -0.0459. The lowest BCUT2D eigenvalue weighted by atomic mass is 10.2. The molecule has 0 spiro atoms. The number of ether oxygens (including phenoxy) is 2. The van der Waals surface area contributed by atoms with Crippen LogP contribution in [0, 0.1) is 7.14 Å². The molecule has 41 heavy (non-hydrogen) atoms. The molecule has 230 valence electrons. The van der Waals surface area contributed by atoms with Crippen LogP contribution in [0.3, 0.4) is 0 Å². The average Bonchev–Trinajstić information content (AvgIpc) is 3.43. The number of hydrogen-bond donors (Lipinski definition) is 5. The van der Waals surface area contributed by atoms with E-state index in [0.29, 0.717) is 20.2 Å². The van der Waals surface area contributed by atoms with Crippen molar-refractivity contribution in [2.75, 3.05) is 24.7 Å². The van der Waals surface area contributed by atoms with E-state index in [1.54, 1.807) is 6.20 Å². The molecule has 7 N–H and O–H groups in total. The molecule has 4 rings (SSSR count). The van der Waals surface area contributed by atoms with Crippen LogP contribution in [0.4, 0.5) is 11.6 Å². The van der Waals surface area contributed by atoms with Gasteiger partial charge in [0.15, 0.2) is 8.32 Å². The summed E-state index contributed by atoms with van der Waals surface area (Å²) in [7, 11) is -1.92. The zero-order valence-corrected chi connectivity index (χ0v) is 28.8. The summed E-state index contributed by atoms with van der Waals surface area (Å²) in [5, 5.41) is 28.9. The Hall–Kier alpha value is -1.20. The Bertz CT molecular complexity index is 1340. The molecule has 4 heterocycles. The van der Waals surface area contributed by atoms with Crippen LogP contribution < -0.4 is 22.8 Å². The Balaban J connectivity index is 0.000000239. The molecule has 2 aliphatic rings. The fraction of sp³-hybridized carbons (Fsp3) is 0.667. The van der Waals surface area contributed by atoms with Crippen molar-refractivity contribution in [2.45, 2.75) is 88.6 Å². The maximum absolute atomic E-state index is 12.0. The average molecular weight is 820 g/mol. The Morgan fingerprint density at radius 2 is 1.37 bits per heavy atom. The fourth-order valence-electron chi connectivity index (χ4n) is 3.92. The highest BCUT2D eigenvalue weighted by atomic mass is 127. The third-order valence-corrected chi connectivity index (χ3v) is 13.7. The summed E-state index contributed by atoms with van der Waals surface area (Å²) in [6, 6.07) is 0. The Kier molecular flexibility index (Phi) is 11.4. The van der Waals surface area contributed by atoms with Crippen LogP contribution in [0.15, 0.2) is 22.0 Å². The number of hydrogen-bond acceptors (Lipinski definition) is 12. The number of rotatable bonds is 6. The summed E-state index contributed by atoms with van der Waals surface area (Å²) < 4.78 is 21.3. The number of anilines is 2. The molecular weight excluding hydrogens is 782 g/mol. The van der Waals surface area contributed by atoms with Gasteiger partial charge in [-0.05, 0) is 63.3 Å². The summed E-state index contributed by atoms with van der Waals surface area (Å²) >= 11 is 3.97. The largest absolute Gasteiger partial charge is 0.414 e. The van der Waals surface area contributed by atoms with Gasteiger partial charge in [0.1, 0.15) is 36.3 Å². The van der Waals surface area contributed by atoms with Crippen molar-refractivity contribution in [2.24, 2.45) is 0 Å². The molecule has 14 nitrogen and oxygen atoms in total. The molecule has 6 atom stereocenters. The van der Waals surface area contributed by atoms with E-state index < -0.39 is 56.6 Å². The normalized spacial score (nSPS) is 26.6. The minimum Gasteiger partial charge on any atom is -0.414 e. The highest BCUT2D eigenvalue weighted by Gasteiger charge is 2.41. The summed E-state index contributed by atoms with van der Waals surface area (Å²) in [6.07, 6.45) is -0.0390. The third kappa shape index (κ3) is 8.25. The maximum atomic E-state index is 12.0. The summed E-state index contributed by atoms with van der Waals surface area (Å²) in [4.78, 5) is 31.1. The SMILES string of the molecule is CC(C)(C)[Si](C)(C)OCC1OC(n2cc(I)c(N)nc2=O)CC1O.Nc1nc(=O)n(C2CC(O)C(CO)O2)cc1I. The van der Waals surface area contributed by atoms with Gasteiger partial charge in [-0.3, -0.25) is 9.13 Å². The molecule has 2 fully saturated rings. The van der Waals surface area contributed by atoms with E-state index in [0.717, 1.165) is 0 Å². The second-order valence-electron chi connectivity index (χ2n) is 11.4. The van der Waals surface area contributed by atoms with Crippen LogP contribution in [0.2, 0.25) is 18.1 Å². The van der Waals surface area contributed by atoms with Gasteiger partial charge in [0, 0.05) is 25.2 Å². The number of nitrogens with zero attached hydrogens (tertiary/aromatic N) is 4. The van der Waals surface area contributed by atoms with Gasteiger partial charge >= 0.3 is 11.4 Å². The van der Waals surface area contributed by atoms with E-state index in [9.17, 15) is 19.8 Å². The Labute approximate surface area is 265 Å². The topological polar surface area (TPSA) is 210 Å². The predicted molar refractivity (Wildman–Crippen MR) is 171 cm³/mol. The van der Waals surface area contributed by atoms with Gasteiger partial charge < -0.3 is 40.7 Å². The lowest BCUT2D eigenvalue weighted by Gasteiger charge is -2.37. The Morgan fingerprint density at radius 3 is 1.76 bits per heavy atom. The molecule has 6 unspecified atom stereocenters. The van der Waals surface area contributed by atoms with Crippen molar-refractivity contribution in [3.8, 4) is 0 Å². The molecule has 2 aliphatic heterocycles. The van der Waals surface area contributed by atoms with E-state index in [1.165, 1.54) is 15.3 Å². The van der Waals surface area contributed by atoms with Gasteiger partial charge in [-0.15, -0.1) is 0 Å². The van der Waals surface area contributed by atoms with E-state index in [1.807, 2.05) is 45.2 Å². The van der Waals surface area contributed by atoms with E-state index in [-0.39, 0.29) is 29.7 Å². The quantitative estimate of drug-likeness (QED) is 0.206. The predicted octanol–water partition coefficient (Wildman–Crippen LogP) is 1.17. The van der Waals surface area contributed by atoms with Gasteiger partial charge in [-0.25, -0.2) is 9.59 Å². The second-order valence-corrected chi connectivity index (χ2v) is 18.6. The van der Waals surface area contributed by atoms with Gasteiger partial charge in [0.05, 0.1) is 32.6 Å². The van der Waals surface area contributed by atoms with Crippen molar-refractivity contribution in [3.63, 3.8) is 0 Å². The Morgan fingerprint density at radius 1 is 0.951 bits per heavy atom. The molecule has 0 aromatic carbocycles. The van der Waals surface area contributed by atoms with Crippen molar-refractivity contribution in [1.29, 1.82) is 0 Å². The highest BCUT2D eigenvalue weighted by molar-refractivity contribution is 14.1. The second kappa shape index (κ2) is 13.6. The first-order valence-corrected chi connectivity index (χ1v) is 18.0. The first kappa shape index (κ1) is 34.3. The lowest BCUT2D eigenvalue weighted by Crippen LogP contribution is -2.43. The highest BCUT2D eigenvalue weighted by Crippen LogP contribution is 2.38. The molecule has 2 aromatic rings. The van der Waals surface area contributed by atoms with Gasteiger partial charge in [0.25, 0.3) is 0 Å². The minimum absolute atomic E-state index is 0.0872. The van der Waals surface area contributed by atoms with Crippen LogP contribution >= 0.6 is 45.2 Å². The first-order valence-electron chi connectivity index (χ1n) is 12.9. The van der Waals surface area contributed by atoms with Crippen molar-refractivity contribution >= 4 is 65.1 Å². The summed E-state index contributed by atoms with van der Waals surface area (Å²) in [5.74, 6) is 0.373. The monoisotopic (exact) mass is 820 g/mol. The van der Waals surface area contributed by atoms with Crippen LogP contribution in [0.5, 0.6) is 0 Å². The number of aliphatic hydroxyl groups excluding tert-OH is 3. The number of aromatic nitrogens is 4. The maximum Gasteiger partial charge on any atom is 0.351 e. The van der Waals surface area contributed by atoms with Crippen LogP contribution in [-0.4, -0.2) is 80.4 Å². The number of aliphatic hydroxyl groups is 3. The summed E-state index contributed by atoms with van der Waals surface area (Å²) in [5.41, 5.74) is 10.1. The number of halogens is 2. The zero-order valence-electron chi connectivity index (χ0n) is 23.5. The summed E-state index contributed by atoms with van der Waals surface area (Å²) in [6.45, 7) is 10.8. The minimum atomic E-state index is -1.92. The van der Waals surface area contributed by atoms with Crippen molar-refractivity contribution in [1.82, 2.24) is 19.1 Å². The number of nitrogens with two attached hydrogens (primary N) is 2. The van der Waals surface area contributed by atoms with Crippen LogP contribution in [-0.2, 0) is 13.9 Å². The molecule has 0 radical (unpaired) electrons. The third-order valence-electron chi connectivity index (χ3n) is 7.49. The van der Waals surface area contributed by atoms with Gasteiger partial charge in [0.2, 0.25) is 0 Å². The molecule has 0 saturated carbocycles. The molecule has 17 heteroatoms. The smallest absolute Gasteiger partial charge is 0.351 e. The molecule has 0 aliphatic carbocycles. The number of nitrogen functional groups attached to an aromatic ring is 2. The molecule has 2 aromatic heterocycles. The van der Waals surface area contributed by atoms with E-state index >= 15 is 0 Å². The molecule has 2 saturated heterocycles. The van der Waals surface area contributed by atoms with E-state index in [4.69, 9.17) is 30.5 Å². The van der Waals surface area contributed by atoms with E-state index in [2.05, 4.69) is 43.8 Å². The zero-order chi connectivity index (χ0) is 30.9.